The first-order valence-electron chi connectivity index (χ1n) is 7.81. The van der Waals surface area contributed by atoms with Gasteiger partial charge >= 0.3 is 0 Å². The van der Waals surface area contributed by atoms with E-state index in [1.54, 1.807) is 4.90 Å². The van der Waals surface area contributed by atoms with Crippen LogP contribution in [-0.2, 0) is 22.4 Å². The first kappa shape index (κ1) is 14.5. The summed E-state index contributed by atoms with van der Waals surface area (Å²) in [5, 5.41) is 9.92. The summed E-state index contributed by atoms with van der Waals surface area (Å²) in [6.45, 7) is 3.41. The maximum atomic E-state index is 12.4. The molecule has 3 rings (SSSR count). The molecule has 2 atom stereocenters. The van der Waals surface area contributed by atoms with Crippen LogP contribution in [0.5, 0.6) is 0 Å². The Morgan fingerprint density at radius 2 is 1.95 bits per heavy atom. The van der Waals surface area contributed by atoms with Crippen LogP contribution in [0, 0.1) is 5.92 Å². The number of hydrogen-bond donors (Lipinski definition) is 1. The van der Waals surface area contributed by atoms with Crippen molar-refractivity contribution in [2.45, 2.75) is 38.4 Å². The number of aliphatic hydroxyl groups excluding tert-OH is 1. The van der Waals surface area contributed by atoms with Crippen molar-refractivity contribution < 1.29 is 14.6 Å². The second-order valence-corrected chi connectivity index (χ2v) is 6.11. The van der Waals surface area contributed by atoms with E-state index in [0.717, 1.165) is 12.8 Å². The van der Waals surface area contributed by atoms with Crippen molar-refractivity contribution >= 4 is 5.91 Å². The number of hydrogen-bond acceptors (Lipinski definition) is 3. The lowest BCUT2D eigenvalue weighted by Crippen LogP contribution is -2.31. The smallest absolute Gasteiger partial charge is 0.223 e. The van der Waals surface area contributed by atoms with Crippen molar-refractivity contribution in [1.82, 2.24) is 4.90 Å². The van der Waals surface area contributed by atoms with E-state index in [0.29, 0.717) is 32.0 Å². The predicted octanol–water partition coefficient (Wildman–Crippen LogP) is 1.40. The van der Waals surface area contributed by atoms with Gasteiger partial charge in [-0.1, -0.05) is 24.3 Å². The third kappa shape index (κ3) is 3.11. The fourth-order valence-electron chi connectivity index (χ4n) is 3.51. The SMILES string of the molecule is CCOC1CN(C(=O)CC2Cc3ccccc3C2)CC1O. The monoisotopic (exact) mass is 289 g/mol. The summed E-state index contributed by atoms with van der Waals surface area (Å²) in [7, 11) is 0. The molecule has 21 heavy (non-hydrogen) atoms. The summed E-state index contributed by atoms with van der Waals surface area (Å²) in [5.41, 5.74) is 2.76. The lowest BCUT2D eigenvalue weighted by molar-refractivity contribution is -0.131. The summed E-state index contributed by atoms with van der Waals surface area (Å²) < 4.78 is 5.47. The Hall–Kier alpha value is -1.39. The van der Waals surface area contributed by atoms with Crippen molar-refractivity contribution in [1.29, 1.82) is 0 Å². The van der Waals surface area contributed by atoms with Gasteiger partial charge in [0.2, 0.25) is 5.91 Å². The van der Waals surface area contributed by atoms with Crippen LogP contribution >= 0.6 is 0 Å². The first-order valence-corrected chi connectivity index (χ1v) is 7.81. The number of ether oxygens (including phenoxy) is 1. The molecule has 0 saturated carbocycles. The van der Waals surface area contributed by atoms with Crippen LogP contribution in [0.15, 0.2) is 24.3 Å². The molecule has 1 aromatic carbocycles. The highest BCUT2D eigenvalue weighted by Gasteiger charge is 2.35. The van der Waals surface area contributed by atoms with Crippen LogP contribution < -0.4 is 0 Å². The zero-order chi connectivity index (χ0) is 14.8. The molecule has 1 fully saturated rings. The number of benzene rings is 1. The number of β-amino-alcohol motifs (C(OH)–C–C–N with tert-alkyl or cyclic N) is 1. The number of amides is 1. The van der Waals surface area contributed by atoms with Crippen molar-refractivity contribution in [3.63, 3.8) is 0 Å². The van der Waals surface area contributed by atoms with E-state index in [-0.39, 0.29) is 12.0 Å². The average molecular weight is 289 g/mol. The Morgan fingerprint density at radius 1 is 1.29 bits per heavy atom. The second kappa shape index (κ2) is 6.16. The molecule has 114 valence electrons. The molecule has 1 saturated heterocycles. The fourth-order valence-corrected chi connectivity index (χ4v) is 3.51. The van der Waals surface area contributed by atoms with E-state index in [1.807, 2.05) is 6.92 Å². The number of rotatable bonds is 4. The molecule has 1 amide bonds. The number of fused-ring (bicyclic) bond motifs is 1. The van der Waals surface area contributed by atoms with Crippen molar-refractivity contribution in [2.75, 3.05) is 19.7 Å². The molecular weight excluding hydrogens is 266 g/mol. The molecule has 0 bridgehead atoms. The highest BCUT2D eigenvalue weighted by molar-refractivity contribution is 5.77. The summed E-state index contributed by atoms with van der Waals surface area (Å²) in [5.74, 6) is 0.548. The Morgan fingerprint density at radius 3 is 2.57 bits per heavy atom. The van der Waals surface area contributed by atoms with E-state index in [2.05, 4.69) is 24.3 Å². The third-order valence-electron chi connectivity index (χ3n) is 4.57. The number of carbonyl (C=O) groups is 1. The van der Waals surface area contributed by atoms with Gasteiger partial charge in [-0.25, -0.2) is 0 Å². The molecule has 2 aliphatic rings. The molecule has 2 unspecified atom stereocenters. The van der Waals surface area contributed by atoms with Gasteiger partial charge in [-0.3, -0.25) is 4.79 Å². The van der Waals surface area contributed by atoms with Crippen LogP contribution in [0.25, 0.3) is 0 Å². The van der Waals surface area contributed by atoms with Gasteiger partial charge in [-0.2, -0.15) is 0 Å². The average Bonchev–Trinajstić information content (AvgIpc) is 3.03. The number of likely N-dealkylation sites (tertiary alicyclic amines) is 1. The molecule has 1 N–H and O–H groups in total. The summed E-state index contributed by atoms with van der Waals surface area (Å²) in [6.07, 6.45) is 1.79. The van der Waals surface area contributed by atoms with Gasteiger partial charge in [-0.15, -0.1) is 0 Å². The highest BCUT2D eigenvalue weighted by Crippen LogP contribution is 2.29. The third-order valence-corrected chi connectivity index (χ3v) is 4.57. The predicted molar refractivity (Wildman–Crippen MR) is 80.0 cm³/mol. The molecule has 0 spiro atoms. The number of carbonyl (C=O) groups excluding carboxylic acids is 1. The minimum absolute atomic E-state index is 0.147. The van der Waals surface area contributed by atoms with Gasteiger partial charge < -0.3 is 14.7 Å². The van der Waals surface area contributed by atoms with E-state index in [9.17, 15) is 9.90 Å². The van der Waals surface area contributed by atoms with E-state index < -0.39 is 6.10 Å². The van der Waals surface area contributed by atoms with Crippen LogP contribution in [0.2, 0.25) is 0 Å². The zero-order valence-corrected chi connectivity index (χ0v) is 12.5. The maximum absolute atomic E-state index is 12.4. The van der Waals surface area contributed by atoms with Crippen molar-refractivity contribution in [3.8, 4) is 0 Å². The Bertz CT molecular complexity index is 492. The van der Waals surface area contributed by atoms with Gasteiger partial charge in [0.05, 0.1) is 6.10 Å². The Kier molecular flexibility index (Phi) is 4.27. The first-order chi connectivity index (χ1) is 10.2. The Balaban J connectivity index is 1.54. The standard InChI is InChI=1S/C17H23NO3/c1-2-21-16-11-18(10-15(16)19)17(20)9-12-7-13-5-3-4-6-14(13)8-12/h3-6,12,15-16,19H,2,7-11H2,1H3. The normalized spacial score (nSPS) is 25.3. The van der Waals surface area contributed by atoms with E-state index in [1.165, 1.54) is 11.1 Å². The van der Waals surface area contributed by atoms with Crippen LogP contribution in [-0.4, -0.2) is 47.8 Å². The minimum Gasteiger partial charge on any atom is -0.388 e. The molecular formula is C17H23NO3. The van der Waals surface area contributed by atoms with Crippen LogP contribution in [0.1, 0.15) is 24.5 Å². The minimum atomic E-state index is -0.547. The van der Waals surface area contributed by atoms with Gasteiger partial charge in [0, 0.05) is 26.1 Å². The van der Waals surface area contributed by atoms with Gasteiger partial charge in [0.1, 0.15) is 6.10 Å². The summed E-state index contributed by atoms with van der Waals surface area (Å²) in [4.78, 5) is 14.2. The van der Waals surface area contributed by atoms with Gasteiger partial charge in [0.15, 0.2) is 0 Å². The maximum Gasteiger partial charge on any atom is 0.223 e. The zero-order valence-electron chi connectivity index (χ0n) is 12.5. The van der Waals surface area contributed by atoms with E-state index >= 15 is 0 Å². The van der Waals surface area contributed by atoms with Gasteiger partial charge in [-0.05, 0) is 36.8 Å². The fraction of sp³-hybridized carbons (Fsp3) is 0.588. The van der Waals surface area contributed by atoms with E-state index in [4.69, 9.17) is 4.74 Å². The van der Waals surface area contributed by atoms with Crippen LogP contribution in [0.3, 0.4) is 0 Å². The summed E-state index contributed by atoms with van der Waals surface area (Å²) in [6, 6.07) is 8.44. The van der Waals surface area contributed by atoms with Crippen LogP contribution in [0.4, 0.5) is 0 Å². The lowest BCUT2D eigenvalue weighted by Gasteiger charge is -2.18. The molecule has 0 radical (unpaired) electrons. The van der Waals surface area contributed by atoms with Crippen molar-refractivity contribution in [2.24, 2.45) is 5.92 Å². The summed E-state index contributed by atoms with van der Waals surface area (Å²) >= 11 is 0. The number of nitrogens with zero attached hydrogens (tertiary/aromatic N) is 1. The highest BCUT2D eigenvalue weighted by atomic mass is 16.5. The Labute approximate surface area is 125 Å². The quantitative estimate of drug-likeness (QED) is 0.911. The second-order valence-electron chi connectivity index (χ2n) is 6.11. The van der Waals surface area contributed by atoms with Crippen molar-refractivity contribution in [3.05, 3.63) is 35.4 Å². The molecule has 1 heterocycles. The largest absolute Gasteiger partial charge is 0.388 e. The molecule has 1 aromatic rings. The lowest BCUT2D eigenvalue weighted by atomic mass is 10.0. The molecule has 4 nitrogen and oxygen atoms in total. The molecule has 4 heteroatoms. The van der Waals surface area contributed by atoms with Gasteiger partial charge in [0.25, 0.3) is 0 Å². The molecule has 1 aliphatic carbocycles. The molecule has 1 aliphatic heterocycles. The number of aliphatic hydroxyl groups is 1. The topological polar surface area (TPSA) is 49.8 Å². The molecule has 0 aromatic heterocycles.